The highest BCUT2D eigenvalue weighted by Gasteiger charge is 2.28. The number of amides is 2. The normalized spacial score (nSPS) is 18.1. The molecule has 1 aliphatic carbocycles. The van der Waals surface area contributed by atoms with E-state index in [1.807, 2.05) is 0 Å². The van der Waals surface area contributed by atoms with Gasteiger partial charge in [-0.15, -0.1) is 9.24 Å². The van der Waals surface area contributed by atoms with Gasteiger partial charge < -0.3 is 52.5 Å². The maximum atomic E-state index is 13.1. The average Bonchev–Trinajstić information content (AvgIpc) is 3.12. The predicted molar refractivity (Wildman–Crippen MR) is 166 cm³/mol. The van der Waals surface area contributed by atoms with E-state index < -0.39 is 31.0 Å². The number of nitrogens with one attached hydrogen (secondary N) is 1. The van der Waals surface area contributed by atoms with Gasteiger partial charge in [-0.1, -0.05) is 43.5 Å². The third-order valence-electron chi connectivity index (χ3n) is 7.64. The Morgan fingerprint density at radius 2 is 1.70 bits per heavy atom. The number of primary amides is 1. The molecule has 2 aromatic rings. The second kappa shape index (κ2) is 17.0. The van der Waals surface area contributed by atoms with Crippen LogP contribution < -0.4 is 26.3 Å². The molecule has 0 aromatic heterocycles. The van der Waals surface area contributed by atoms with Crippen LogP contribution in [0.3, 0.4) is 0 Å². The van der Waals surface area contributed by atoms with E-state index in [-0.39, 0.29) is 34.3 Å². The summed E-state index contributed by atoms with van der Waals surface area (Å²) in [5, 5.41) is 2.01. The lowest BCUT2D eigenvalue weighted by atomic mass is 9.90. The zero-order chi connectivity index (χ0) is 28.9. The Kier molecular flexibility index (Phi) is 15.2. The fraction of sp³-hybridized carbons (Fsp3) is 0.500. The molecule has 15 heteroatoms. The number of benzene rings is 2. The molecule has 0 saturated heterocycles. The molecule has 13 nitrogen and oxygen atoms in total. The molecule has 4 atom stereocenters. The van der Waals surface area contributed by atoms with Crippen LogP contribution in [0.15, 0.2) is 36.4 Å². The average molecular weight is 646 g/mol. The van der Waals surface area contributed by atoms with E-state index in [1.54, 1.807) is 36.4 Å². The van der Waals surface area contributed by atoms with Gasteiger partial charge in [0, 0.05) is 11.6 Å². The Bertz CT molecular complexity index is 1250. The lowest BCUT2D eigenvalue weighted by Crippen LogP contribution is -2.43. The van der Waals surface area contributed by atoms with Crippen molar-refractivity contribution in [2.24, 2.45) is 17.4 Å². The molecule has 3 unspecified atom stereocenters. The summed E-state index contributed by atoms with van der Waals surface area (Å²) in [6.45, 7) is 0.979. The largest absolute Gasteiger partial charge is 0.493 e. The molecule has 0 radical (unpaired) electrons. The van der Waals surface area contributed by atoms with Crippen molar-refractivity contribution < 1.29 is 49.8 Å². The molecular formula is C28H45N3O10P2. The molecule has 4 rings (SSSR count). The van der Waals surface area contributed by atoms with Gasteiger partial charge in [0.05, 0.1) is 36.3 Å². The number of hydrogen-bond donors (Lipinski definition) is 5. The Labute approximate surface area is 253 Å². The monoisotopic (exact) mass is 645 g/mol. The summed E-state index contributed by atoms with van der Waals surface area (Å²) in [4.78, 5) is 44.2. The van der Waals surface area contributed by atoms with Crippen molar-refractivity contribution in [1.29, 1.82) is 0 Å². The molecule has 2 aromatic carbocycles. The molecule has 1 fully saturated rings. The Balaban J connectivity index is 0.00000308. The van der Waals surface area contributed by atoms with Gasteiger partial charge in [0.2, 0.25) is 5.91 Å². The number of hydrogen-bond acceptors (Lipinski definition) is 6. The van der Waals surface area contributed by atoms with Crippen LogP contribution in [0, 0.1) is 5.92 Å². The molecule has 13 N–H and O–H groups in total. The molecule has 1 aliphatic heterocycles. The summed E-state index contributed by atoms with van der Waals surface area (Å²) in [6.07, 6.45) is 7.36. The lowest BCUT2D eigenvalue weighted by molar-refractivity contribution is -0.123. The summed E-state index contributed by atoms with van der Waals surface area (Å²) in [7, 11) is -2.12. The van der Waals surface area contributed by atoms with Gasteiger partial charge in [-0.2, -0.15) is 0 Å². The quantitative estimate of drug-likeness (QED) is 0.234. The van der Waals surface area contributed by atoms with Gasteiger partial charge in [-0.05, 0) is 55.2 Å². The van der Waals surface area contributed by atoms with Gasteiger partial charge >= 0.3 is 7.60 Å². The number of ether oxygens (including phenoxy) is 2. The maximum absolute atomic E-state index is 13.1. The SMILES string of the molecule is NC(=O)c1cc2c(cc1OCC1CCCCC1)OCCCC2NC(=O)[C@@H](N)Cc1ccc(C(P)P(=O)(O)O)cc1.O.O.O. The molecular weight excluding hydrogens is 600 g/mol. The number of nitrogens with two attached hydrogens (primary N) is 2. The molecule has 1 saturated carbocycles. The molecule has 0 spiro atoms. The number of carbonyl (C=O) groups excluding carboxylic acids is 2. The van der Waals surface area contributed by atoms with Crippen LogP contribution in [0.2, 0.25) is 0 Å². The van der Waals surface area contributed by atoms with E-state index in [2.05, 4.69) is 14.6 Å². The van der Waals surface area contributed by atoms with Crippen LogP contribution in [-0.2, 0) is 15.8 Å². The molecule has 242 valence electrons. The van der Waals surface area contributed by atoms with Gasteiger partial charge in [0.25, 0.3) is 5.91 Å². The standard InChI is InChI=1S/C28H39N3O7P2.3H2O/c29-22(13-17-8-10-19(11-9-17)28(39)40(34,35)36)27(33)31-23-7-4-12-37-24-15-25(21(26(30)32)14-20(23)24)38-16-18-5-2-1-3-6-18;;;/h8-11,14-15,18,22-23,28H,1-7,12-13,16,29,39H2,(H2,30,32)(H,31,33)(H2,34,35,36);3*1H2/t22-,23?,28?;;;/m0.../s1. The van der Waals surface area contributed by atoms with Crippen LogP contribution in [0.25, 0.3) is 0 Å². The fourth-order valence-electron chi connectivity index (χ4n) is 5.29. The zero-order valence-corrected chi connectivity index (χ0v) is 26.0. The minimum Gasteiger partial charge on any atom is -0.493 e. The van der Waals surface area contributed by atoms with E-state index in [0.717, 1.165) is 18.4 Å². The third-order valence-corrected chi connectivity index (χ3v) is 10.2. The van der Waals surface area contributed by atoms with Crippen molar-refractivity contribution in [3.05, 3.63) is 58.7 Å². The van der Waals surface area contributed by atoms with E-state index in [0.29, 0.717) is 54.6 Å². The third kappa shape index (κ3) is 10.2. The van der Waals surface area contributed by atoms with Crippen molar-refractivity contribution in [1.82, 2.24) is 5.32 Å². The zero-order valence-electron chi connectivity index (χ0n) is 24.0. The Morgan fingerprint density at radius 3 is 2.30 bits per heavy atom. The van der Waals surface area contributed by atoms with E-state index in [9.17, 15) is 23.9 Å². The first-order chi connectivity index (χ1) is 19.0. The van der Waals surface area contributed by atoms with Crippen molar-refractivity contribution in [3.8, 4) is 11.5 Å². The van der Waals surface area contributed by atoms with Crippen LogP contribution in [0.1, 0.15) is 83.4 Å². The van der Waals surface area contributed by atoms with Gasteiger partial charge in [-0.25, -0.2) is 0 Å². The van der Waals surface area contributed by atoms with Crippen LogP contribution in [-0.4, -0.2) is 57.3 Å². The molecule has 1 heterocycles. The first-order valence-corrected chi connectivity index (χ1v) is 16.1. The molecule has 0 bridgehead atoms. The van der Waals surface area contributed by atoms with Crippen LogP contribution in [0.4, 0.5) is 0 Å². The summed E-state index contributed by atoms with van der Waals surface area (Å²) in [5.41, 5.74) is 14.1. The van der Waals surface area contributed by atoms with E-state index in [4.69, 9.17) is 20.9 Å². The topological polar surface area (TPSA) is 269 Å². The van der Waals surface area contributed by atoms with Crippen molar-refractivity contribution >= 4 is 28.6 Å². The summed E-state index contributed by atoms with van der Waals surface area (Å²) in [5.74, 6) is 0.428. The molecule has 2 amide bonds. The Morgan fingerprint density at radius 1 is 1.05 bits per heavy atom. The highest BCUT2D eigenvalue weighted by molar-refractivity contribution is 7.60. The second-order valence-corrected chi connectivity index (χ2v) is 13.7. The number of fused-ring (bicyclic) bond motifs is 1. The first kappa shape index (κ1) is 38.4. The summed E-state index contributed by atoms with van der Waals surface area (Å²) >= 11 is 0. The fourth-order valence-corrected chi connectivity index (χ4v) is 6.08. The highest BCUT2D eigenvalue weighted by atomic mass is 31.2. The summed E-state index contributed by atoms with van der Waals surface area (Å²) in [6, 6.07) is 8.74. The summed E-state index contributed by atoms with van der Waals surface area (Å²) < 4.78 is 23.6. The second-order valence-electron chi connectivity index (χ2n) is 10.7. The highest BCUT2D eigenvalue weighted by Crippen LogP contribution is 2.55. The molecule has 2 aliphatic rings. The Hall–Kier alpha value is -2.60. The van der Waals surface area contributed by atoms with Crippen molar-refractivity contribution in [3.63, 3.8) is 0 Å². The lowest BCUT2D eigenvalue weighted by Gasteiger charge is -2.24. The van der Waals surface area contributed by atoms with Crippen LogP contribution in [0.5, 0.6) is 11.5 Å². The van der Waals surface area contributed by atoms with E-state index >= 15 is 0 Å². The van der Waals surface area contributed by atoms with Gasteiger partial charge in [0.1, 0.15) is 11.5 Å². The maximum Gasteiger partial charge on any atom is 0.336 e. The first-order valence-electron chi connectivity index (χ1n) is 13.7. The van der Waals surface area contributed by atoms with Crippen LogP contribution >= 0.6 is 16.8 Å². The molecule has 43 heavy (non-hydrogen) atoms. The number of carbonyl (C=O) groups is 2. The van der Waals surface area contributed by atoms with Crippen molar-refractivity contribution in [2.75, 3.05) is 13.2 Å². The van der Waals surface area contributed by atoms with E-state index in [1.165, 1.54) is 19.3 Å². The number of rotatable bonds is 10. The van der Waals surface area contributed by atoms with Crippen molar-refractivity contribution in [2.45, 2.75) is 68.9 Å². The smallest absolute Gasteiger partial charge is 0.336 e. The predicted octanol–water partition coefficient (Wildman–Crippen LogP) is 1.22. The van der Waals surface area contributed by atoms with Gasteiger partial charge in [0.15, 0.2) is 0 Å². The van der Waals surface area contributed by atoms with Gasteiger partial charge in [-0.3, -0.25) is 14.2 Å². The minimum atomic E-state index is -4.28. The minimum absolute atomic E-state index is 0.